The highest BCUT2D eigenvalue weighted by Gasteiger charge is 2.15. The zero-order chi connectivity index (χ0) is 18.8. The van der Waals surface area contributed by atoms with E-state index in [1.165, 1.54) is 0 Å². The van der Waals surface area contributed by atoms with Crippen molar-refractivity contribution < 1.29 is 19.1 Å². The molecule has 0 amide bonds. The number of ether oxygens (including phenoxy) is 2. The predicted octanol–water partition coefficient (Wildman–Crippen LogP) is 5.81. The third-order valence-electron chi connectivity index (χ3n) is 4.23. The minimum atomic E-state index is -0.294. The fraction of sp³-hybridized carbons (Fsp3) is 0.455. The zero-order valence-corrected chi connectivity index (χ0v) is 15.8. The molecule has 0 bridgehead atoms. The van der Waals surface area contributed by atoms with E-state index in [0.717, 1.165) is 49.3 Å². The monoisotopic (exact) mass is 356 g/mol. The third kappa shape index (κ3) is 6.17. The summed E-state index contributed by atoms with van der Waals surface area (Å²) < 4.78 is 11.0. The molecule has 0 aliphatic carbocycles. The average molecular weight is 356 g/mol. The molecule has 0 atom stereocenters. The lowest BCUT2D eigenvalue weighted by Crippen LogP contribution is -2.12. The molecule has 0 spiro atoms. The molecule has 2 aromatic rings. The van der Waals surface area contributed by atoms with Crippen LogP contribution in [0, 0.1) is 0 Å². The van der Waals surface area contributed by atoms with E-state index in [-0.39, 0.29) is 11.9 Å². The molecule has 0 saturated carbocycles. The molecule has 0 saturated heterocycles. The fourth-order valence-electron chi connectivity index (χ4n) is 2.74. The van der Waals surface area contributed by atoms with Crippen molar-refractivity contribution in [2.75, 3.05) is 0 Å². The summed E-state index contributed by atoms with van der Waals surface area (Å²) in [4.78, 5) is 24.2. The van der Waals surface area contributed by atoms with Crippen LogP contribution >= 0.6 is 0 Å². The van der Waals surface area contributed by atoms with Gasteiger partial charge in [0.25, 0.3) is 0 Å². The Kier molecular flexibility index (Phi) is 8.13. The Morgan fingerprint density at radius 3 is 1.54 bits per heavy atom. The molecule has 2 aromatic carbocycles. The van der Waals surface area contributed by atoms with Crippen LogP contribution in [0.4, 0.5) is 0 Å². The molecule has 0 aliphatic rings. The first-order valence-corrected chi connectivity index (χ1v) is 9.58. The second-order valence-electron chi connectivity index (χ2n) is 6.51. The van der Waals surface area contributed by atoms with Crippen LogP contribution in [-0.2, 0) is 9.59 Å². The first-order chi connectivity index (χ1) is 12.6. The summed E-state index contributed by atoms with van der Waals surface area (Å²) in [7, 11) is 0. The van der Waals surface area contributed by atoms with E-state index >= 15 is 0 Å². The Hall–Kier alpha value is -2.36. The van der Waals surface area contributed by atoms with Crippen molar-refractivity contribution in [3.05, 3.63) is 36.4 Å². The number of benzene rings is 2. The van der Waals surface area contributed by atoms with Crippen LogP contribution in [0.2, 0.25) is 0 Å². The number of unbranched alkanes of at least 4 members (excludes halogenated alkanes) is 4. The number of rotatable bonds is 10. The molecule has 140 valence electrons. The lowest BCUT2D eigenvalue weighted by Gasteiger charge is -2.12. The van der Waals surface area contributed by atoms with Crippen molar-refractivity contribution in [2.24, 2.45) is 0 Å². The number of fused-ring (bicyclic) bond motifs is 1. The molecule has 4 nitrogen and oxygen atoms in total. The van der Waals surface area contributed by atoms with Crippen LogP contribution in [0.15, 0.2) is 36.4 Å². The summed E-state index contributed by atoms with van der Waals surface area (Å²) in [6, 6.07) is 11.3. The Labute approximate surface area is 155 Å². The summed E-state index contributed by atoms with van der Waals surface area (Å²) in [5, 5.41) is 1.88. The first kappa shape index (κ1) is 20.0. The number of carbonyl (C=O) groups excluding carboxylic acids is 2. The van der Waals surface area contributed by atoms with E-state index in [4.69, 9.17) is 9.47 Å². The third-order valence-corrected chi connectivity index (χ3v) is 4.23. The lowest BCUT2D eigenvalue weighted by molar-refractivity contribution is -0.137. The molecule has 0 heterocycles. The zero-order valence-electron chi connectivity index (χ0n) is 15.8. The average Bonchev–Trinajstić information content (AvgIpc) is 2.62. The fourth-order valence-corrected chi connectivity index (χ4v) is 2.74. The van der Waals surface area contributed by atoms with Gasteiger partial charge in [0.2, 0.25) is 0 Å². The van der Waals surface area contributed by atoms with Gasteiger partial charge in [-0.1, -0.05) is 63.8 Å². The molecule has 26 heavy (non-hydrogen) atoms. The topological polar surface area (TPSA) is 52.6 Å². The minimum absolute atomic E-state index is 0.294. The van der Waals surface area contributed by atoms with Crippen molar-refractivity contribution in [3.8, 4) is 11.5 Å². The Morgan fingerprint density at radius 1 is 0.731 bits per heavy atom. The summed E-state index contributed by atoms with van der Waals surface area (Å²) in [6.07, 6.45) is 6.41. The van der Waals surface area contributed by atoms with Crippen molar-refractivity contribution in [1.29, 1.82) is 0 Å². The van der Waals surface area contributed by atoms with Crippen LogP contribution in [0.3, 0.4) is 0 Å². The van der Waals surface area contributed by atoms with Gasteiger partial charge in [-0.15, -0.1) is 0 Å². The molecule has 0 fully saturated rings. The standard InChI is InChI=1S/C22H28O4/c1-3-5-7-13-21(23)25-19-15-17-11-9-10-12-18(17)16-20(19)26-22(24)14-8-6-4-2/h9-12,15-16H,3-8,13-14H2,1-2H3. The summed E-state index contributed by atoms with van der Waals surface area (Å²) in [6.45, 7) is 4.18. The van der Waals surface area contributed by atoms with Crippen LogP contribution in [0.5, 0.6) is 11.5 Å². The van der Waals surface area contributed by atoms with E-state index in [9.17, 15) is 9.59 Å². The molecule has 0 aromatic heterocycles. The first-order valence-electron chi connectivity index (χ1n) is 9.58. The second kappa shape index (κ2) is 10.6. The maximum atomic E-state index is 12.1. The molecule has 0 aliphatic heterocycles. The van der Waals surface area contributed by atoms with E-state index < -0.39 is 0 Å². The van der Waals surface area contributed by atoms with Gasteiger partial charge in [0.15, 0.2) is 11.5 Å². The highest BCUT2D eigenvalue weighted by Crippen LogP contribution is 2.33. The van der Waals surface area contributed by atoms with Gasteiger partial charge in [-0.05, 0) is 35.7 Å². The van der Waals surface area contributed by atoms with Gasteiger partial charge >= 0.3 is 11.9 Å². The molecule has 2 rings (SSSR count). The predicted molar refractivity (Wildman–Crippen MR) is 104 cm³/mol. The van der Waals surface area contributed by atoms with E-state index in [0.29, 0.717) is 24.3 Å². The van der Waals surface area contributed by atoms with Gasteiger partial charge in [-0.2, -0.15) is 0 Å². The number of hydrogen-bond donors (Lipinski definition) is 0. The molecular formula is C22H28O4. The van der Waals surface area contributed by atoms with Gasteiger partial charge in [-0.25, -0.2) is 0 Å². The van der Waals surface area contributed by atoms with Gasteiger partial charge in [0.1, 0.15) is 0 Å². The van der Waals surface area contributed by atoms with Crippen molar-refractivity contribution >= 4 is 22.7 Å². The maximum absolute atomic E-state index is 12.1. The highest BCUT2D eigenvalue weighted by atomic mass is 16.6. The van der Waals surface area contributed by atoms with Crippen LogP contribution in [0.25, 0.3) is 10.8 Å². The van der Waals surface area contributed by atoms with Crippen LogP contribution in [-0.4, -0.2) is 11.9 Å². The molecule has 0 radical (unpaired) electrons. The van der Waals surface area contributed by atoms with Crippen molar-refractivity contribution in [2.45, 2.75) is 65.2 Å². The minimum Gasteiger partial charge on any atom is -0.422 e. The number of carbonyl (C=O) groups is 2. The smallest absolute Gasteiger partial charge is 0.311 e. The molecular weight excluding hydrogens is 328 g/mol. The largest absolute Gasteiger partial charge is 0.422 e. The van der Waals surface area contributed by atoms with Gasteiger partial charge in [-0.3, -0.25) is 9.59 Å². The maximum Gasteiger partial charge on any atom is 0.311 e. The van der Waals surface area contributed by atoms with E-state index in [2.05, 4.69) is 13.8 Å². The van der Waals surface area contributed by atoms with Gasteiger partial charge < -0.3 is 9.47 Å². The van der Waals surface area contributed by atoms with E-state index in [1.54, 1.807) is 12.1 Å². The molecule has 0 unspecified atom stereocenters. The van der Waals surface area contributed by atoms with Crippen LogP contribution in [0.1, 0.15) is 65.2 Å². The summed E-state index contributed by atoms with van der Waals surface area (Å²) in [5.41, 5.74) is 0. The molecule has 4 heteroatoms. The van der Waals surface area contributed by atoms with Gasteiger partial charge in [0, 0.05) is 12.8 Å². The second-order valence-corrected chi connectivity index (χ2v) is 6.51. The van der Waals surface area contributed by atoms with Gasteiger partial charge in [0.05, 0.1) is 0 Å². The molecule has 0 N–H and O–H groups in total. The summed E-state index contributed by atoms with van der Waals surface area (Å²) in [5.74, 6) is 0.0390. The number of hydrogen-bond acceptors (Lipinski definition) is 4. The normalized spacial score (nSPS) is 10.7. The SMILES string of the molecule is CCCCCC(=O)Oc1cc2ccccc2cc1OC(=O)CCCCC. The van der Waals surface area contributed by atoms with E-state index in [1.807, 2.05) is 24.3 Å². The quantitative estimate of drug-likeness (QED) is 0.306. The summed E-state index contributed by atoms with van der Waals surface area (Å²) >= 11 is 0. The lowest BCUT2D eigenvalue weighted by atomic mass is 10.1. The number of esters is 2. The Balaban J connectivity index is 2.16. The van der Waals surface area contributed by atoms with Crippen molar-refractivity contribution in [3.63, 3.8) is 0 Å². The highest BCUT2D eigenvalue weighted by molar-refractivity contribution is 5.88. The van der Waals surface area contributed by atoms with Crippen LogP contribution < -0.4 is 9.47 Å². The van der Waals surface area contributed by atoms with Crippen molar-refractivity contribution in [1.82, 2.24) is 0 Å². The Bertz CT molecular complexity index is 673. The Morgan fingerprint density at radius 2 is 1.15 bits per heavy atom.